The van der Waals surface area contributed by atoms with Crippen LogP contribution >= 0.6 is 0 Å². The Bertz CT molecular complexity index is 333. The lowest BCUT2D eigenvalue weighted by Gasteiger charge is -2.31. The fourth-order valence-electron chi connectivity index (χ4n) is 2.11. The van der Waals surface area contributed by atoms with Gasteiger partial charge < -0.3 is 5.32 Å². The average Bonchev–Trinajstić information content (AvgIpc) is 2.53. The summed E-state index contributed by atoms with van der Waals surface area (Å²) in [6.45, 7) is 15.1. The van der Waals surface area contributed by atoms with Gasteiger partial charge in [0.25, 0.3) is 0 Å². The molecule has 0 saturated heterocycles. The van der Waals surface area contributed by atoms with E-state index in [1.54, 1.807) is 0 Å². The van der Waals surface area contributed by atoms with Crippen molar-refractivity contribution < 1.29 is 0 Å². The molecule has 1 heterocycles. The maximum absolute atomic E-state index is 4.52. The van der Waals surface area contributed by atoms with Gasteiger partial charge in [-0.3, -0.25) is 4.68 Å². The lowest BCUT2D eigenvalue weighted by atomic mass is 9.84. The first-order valence-corrected chi connectivity index (χ1v) is 6.17. The zero-order chi connectivity index (χ0) is 12.3. The minimum atomic E-state index is 0.204. The molecule has 92 valence electrons. The molecule has 0 radical (unpaired) electrons. The van der Waals surface area contributed by atoms with E-state index in [0.717, 1.165) is 18.8 Å². The van der Waals surface area contributed by atoms with Gasteiger partial charge in [-0.15, -0.1) is 0 Å². The van der Waals surface area contributed by atoms with Crippen molar-refractivity contribution in [2.75, 3.05) is 6.54 Å². The van der Waals surface area contributed by atoms with Gasteiger partial charge in [0.15, 0.2) is 0 Å². The summed E-state index contributed by atoms with van der Waals surface area (Å²) < 4.78 is 2.11. The molecule has 1 unspecified atom stereocenters. The highest BCUT2D eigenvalue weighted by molar-refractivity contribution is 5.15. The van der Waals surface area contributed by atoms with E-state index in [4.69, 9.17) is 0 Å². The molecule has 0 bridgehead atoms. The Kier molecular flexibility index (Phi) is 4.14. The Morgan fingerprint density at radius 3 is 2.44 bits per heavy atom. The molecule has 0 amide bonds. The van der Waals surface area contributed by atoms with Gasteiger partial charge in [-0.1, -0.05) is 27.7 Å². The number of aryl methyl sites for hydroxylation is 2. The van der Waals surface area contributed by atoms with Crippen LogP contribution in [0.25, 0.3) is 0 Å². The SMILES string of the molecule is CCNC(c1cc(C)nn1CC)C(C)(C)C. The van der Waals surface area contributed by atoms with E-state index in [-0.39, 0.29) is 5.41 Å². The molecule has 1 rings (SSSR count). The highest BCUT2D eigenvalue weighted by Gasteiger charge is 2.28. The van der Waals surface area contributed by atoms with Gasteiger partial charge in [-0.2, -0.15) is 5.10 Å². The molecule has 1 aromatic heterocycles. The van der Waals surface area contributed by atoms with Crippen molar-refractivity contribution in [3.05, 3.63) is 17.5 Å². The predicted octanol–water partition coefficient (Wildman–Crippen LogP) is 2.91. The molecule has 0 spiro atoms. The largest absolute Gasteiger partial charge is 0.308 e. The van der Waals surface area contributed by atoms with Crippen LogP contribution in [0.1, 0.15) is 52.0 Å². The van der Waals surface area contributed by atoms with E-state index in [0.29, 0.717) is 6.04 Å². The van der Waals surface area contributed by atoms with Crippen LogP contribution in [0.5, 0.6) is 0 Å². The van der Waals surface area contributed by atoms with Crippen LogP contribution in [0.2, 0.25) is 0 Å². The van der Waals surface area contributed by atoms with Crippen LogP contribution in [0.15, 0.2) is 6.07 Å². The smallest absolute Gasteiger partial charge is 0.0597 e. The zero-order valence-corrected chi connectivity index (χ0v) is 11.5. The summed E-state index contributed by atoms with van der Waals surface area (Å²) in [6, 6.07) is 2.56. The van der Waals surface area contributed by atoms with Crippen LogP contribution in [-0.4, -0.2) is 16.3 Å². The van der Waals surface area contributed by atoms with E-state index in [1.165, 1.54) is 5.69 Å². The molecule has 0 aromatic carbocycles. The van der Waals surface area contributed by atoms with Crippen LogP contribution < -0.4 is 5.32 Å². The summed E-state index contributed by atoms with van der Waals surface area (Å²) in [7, 11) is 0. The molecule has 0 aliphatic carbocycles. The van der Waals surface area contributed by atoms with Crippen molar-refractivity contribution in [1.29, 1.82) is 0 Å². The average molecular weight is 223 g/mol. The molecular formula is C13H25N3. The second-order valence-corrected chi connectivity index (χ2v) is 5.38. The summed E-state index contributed by atoms with van der Waals surface area (Å²) in [5, 5.41) is 8.09. The van der Waals surface area contributed by atoms with Crippen LogP contribution in [0.3, 0.4) is 0 Å². The number of nitrogens with one attached hydrogen (secondary N) is 1. The first kappa shape index (κ1) is 13.2. The Morgan fingerprint density at radius 1 is 1.38 bits per heavy atom. The second-order valence-electron chi connectivity index (χ2n) is 5.38. The van der Waals surface area contributed by atoms with Gasteiger partial charge in [0.1, 0.15) is 0 Å². The maximum Gasteiger partial charge on any atom is 0.0597 e. The van der Waals surface area contributed by atoms with Gasteiger partial charge in [0.2, 0.25) is 0 Å². The minimum Gasteiger partial charge on any atom is -0.308 e. The quantitative estimate of drug-likeness (QED) is 0.850. The van der Waals surface area contributed by atoms with E-state index >= 15 is 0 Å². The molecule has 16 heavy (non-hydrogen) atoms. The normalized spacial score (nSPS) is 14.1. The van der Waals surface area contributed by atoms with Crippen molar-refractivity contribution in [1.82, 2.24) is 15.1 Å². The van der Waals surface area contributed by atoms with Crippen LogP contribution in [0, 0.1) is 12.3 Å². The Labute approximate surface area is 99.2 Å². The fourth-order valence-corrected chi connectivity index (χ4v) is 2.11. The van der Waals surface area contributed by atoms with E-state index in [1.807, 2.05) is 0 Å². The van der Waals surface area contributed by atoms with Gasteiger partial charge in [0.05, 0.1) is 17.4 Å². The lowest BCUT2D eigenvalue weighted by molar-refractivity contribution is 0.262. The van der Waals surface area contributed by atoms with Crippen LogP contribution in [0.4, 0.5) is 0 Å². The molecule has 3 heteroatoms. The number of rotatable bonds is 4. The number of aromatic nitrogens is 2. The predicted molar refractivity (Wildman–Crippen MR) is 68.5 cm³/mol. The first-order chi connectivity index (χ1) is 7.40. The monoisotopic (exact) mass is 223 g/mol. The summed E-state index contributed by atoms with van der Waals surface area (Å²) in [5.41, 5.74) is 2.61. The molecule has 3 nitrogen and oxygen atoms in total. The van der Waals surface area contributed by atoms with Crippen molar-refractivity contribution in [2.45, 2.75) is 54.1 Å². The summed E-state index contributed by atoms with van der Waals surface area (Å²) in [5.74, 6) is 0. The first-order valence-electron chi connectivity index (χ1n) is 6.17. The van der Waals surface area contributed by atoms with Crippen molar-refractivity contribution in [3.63, 3.8) is 0 Å². The second kappa shape index (κ2) is 5.00. The summed E-state index contributed by atoms with van der Waals surface area (Å²) in [4.78, 5) is 0. The third-order valence-electron chi connectivity index (χ3n) is 2.80. The standard InChI is InChI=1S/C13H25N3/c1-7-14-12(13(4,5)6)11-9-10(3)15-16(11)8-2/h9,12,14H,7-8H2,1-6H3. The van der Waals surface area contributed by atoms with Crippen molar-refractivity contribution >= 4 is 0 Å². The van der Waals surface area contributed by atoms with E-state index < -0.39 is 0 Å². The van der Waals surface area contributed by atoms with Crippen molar-refractivity contribution in [2.24, 2.45) is 5.41 Å². The molecular weight excluding hydrogens is 198 g/mol. The third-order valence-corrected chi connectivity index (χ3v) is 2.80. The topological polar surface area (TPSA) is 29.9 Å². The van der Waals surface area contributed by atoms with E-state index in [2.05, 4.69) is 62.7 Å². The summed E-state index contributed by atoms with van der Waals surface area (Å²) >= 11 is 0. The molecule has 0 aliphatic rings. The highest BCUT2D eigenvalue weighted by Crippen LogP contribution is 2.32. The van der Waals surface area contributed by atoms with Gasteiger partial charge in [-0.05, 0) is 31.9 Å². The Morgan fingerprint density at radius 2 is 2.00 bits per heavy atom. The van der Waals surface area contributed by atoms with Gasteiger partial charge >= 0.3 is 0 Å². The maximum atomic E-state index is 4.52. The number of hydrogen-bond donors (Lipinski definition) is 1. The molecule has 1 N–H and O–H groups in total. The lowest BCUT2D eigenvalue weighted by Crippen LogP contribution is -2.34. The zero-order valence-electron chi connectivity index (χ0n) is 11.5. The van der Waals surface area contributed by atoms with E-state index in [9.17, 15) is 0 Å². The van der Waals surface area contributed by atoms with Gasteiger partial charge in [0, 0.05) is 6.54 Å². The Balaban J connectivity index is 3.09. The molecule has 1 aromatic rings. The molecule has 0 aliphatic heterocycles. The summed E-state index contributed by atoms with van der Waals surface area (Å²) in [6.07, 6.45) is 0. The fraction of sp³-hybridized carbons (Fsp3) is 0.769. The van der Waals surface area contributed by atoms with Crippen molar-refractivity contribution in [3.8, 4) is 0 Å². The Hall–Kier alpha value is -0.830. The van der Waals surface area contributed by atoms with Gasteiger partial charge in [-0.25, -0.2) is 0 Å². The van der Waals surface area contributed by atoms with Crippen LogP contribution in [-0.2, 0) is 6.54 Å². The highest BCUT2D eigenvalue weighted by atomic mass is 15.3. The number of hydrogen-bond acceptors (Lipinski definition) is 2. The molecule has 0 fully saturated rings. The third kappa shape index (κ3) is 2.85. The molecule has 0 saturated carbocycles. The number of nitrogens with zero attached hydrogens (tertiary/aromatic N) is 2. The molecule has 1 atom stereocenters. The minimum absolute atomic E-state index is 0.204.